The lowest BCUT2D eigenvalue weighted by Crippen LogP contribution is -2.45. The van der Waals surface area contributed by atoms with Gasteiger partial charge in [-0.2, -0.15) is 11.8 Å². The van der Waals surface area contributed by atoms with Crippen molar-refractivity contribution in [1.82, 2.24) is 16.0 Å². The molecular weight excluding hydrogens is 430 g/mol. The fraction of sp³-hybridized carbons (Fsp3) is 0.789. The van der Waals surface area contributed by atoms with Crippen LogP contribution in [0, 0.1) is 5.41 Å². The summed E-state index contributed by atoms with van der Waals surface area (Å²) in [7, 11) is 0. The molecule has 2 saturated heterocycles. The number of thioether (sulfide) groups is 1. The predicted octanol–water partition coefficient (Wildman–Crippen LogP) is -0.246. The Kier molecular flexibility index (Phi) is 11.1. The summed E-state index contributed by atoms with van der Waals surface area (Å²) in [5, 5.41) is 43.8. The number of urea groups is 1. The molecule has 178 valence electrons. The van der Waals surface area contributed by atoms with Crippen molar-refractivity contribution in [3.05, 3.63) is 0 Å². The Bertz CT molecular complexity index is 646. The zero-order chi connectivity index (χ0) is 23.6. The summed E-state index contributed by atoms with van der Waals surface area (Å²) in [6.07, 6.45) is 1.33. The molecule has 4 atom stereocenters. The molecule has 31 heavy (non-hydrogen) atoms. The average molecular weight is 464 g/mol. The fourth-order valence-electron chi connectivity index (χ4n) is 3.10. The molecule has 0 bridgehead atoms. The van der Waals surface area contributed by atoms with Crippen LogP contribution >= 0.6 is 11.8 Å². The largest absolute Gasteiger partial charge is 0.481 e. The number of unbranched alkanes of at least 4 members (excludes halogenated alkanes) is 1. The third kappa shape index (κ3) is 9.32. The highest BCUT2D eigenvalue weighted by Crippen LogP contribution is 2.33. The third-order valence-corrected chi connectivity index (χ3v) is 6.61. The monoisotopic (exact) mass is 463 g/mol. The molecule has 2 aliphatic rings. The summed E-state index contributed by atoms with van der Waals surface area (Å²) in [4.78, 5) is 42.9. The Morgan fingerprint density at radius 2 is 1.81 bits per heavy atom. The lowest BCUT2D eigenvalue weighted by atomic mass is 9.87. The van der Waals surface area contributed by atoms with Crippen LogP contribution in [0.3, 0.4) is 0 Å². The minimum Gasteiger partial charge on any atom is -0.481 e. The van der Waals surface area contributed by atoms with Gasteiger partial charge >= 0.3 is 18.0 Å². The number of carboxylic acids is 2. The number of carboxylic acid groups (broad SMARTS) is 2. The van der Waals surface area contributed by atoms with Crippen molar-refractivity contribution in [2.24, 2.45) is 5.41 Å². The first-order valence-corrected chi connectivity index (χ1v) is 11.2. The van der Waals surface area contributed by atoms with Gasteiger partial charge in [0.1, 0.15) is 6.10 Å². The van der Waals surface area contributed by atoms with Crippen molar-refractivity contribution >= 4 is 35.6 Å². The SMILES string of the molecule is CC(C)(CO)[C@@H](O)C(=O)NCCC(=O)O.O=C(O)CCCC[C@@H]1SC[C@@H]2NC(=O)N[C@@H]21. The van der Waals surface area contributed by atoms with Gasteiger partial charge in [0.25, 0.3) is 0 Å². The summed E-state index contributed by atoms with van der Waals surface area (Å²) in [6.45, 7) is 2.70. The number of hydrogen-bond donors (Lipinski definition) is 7. The molecule has 0 spiro atoms. The van der Waals surface area contributed by atoms with Crippen molar-refractivity contribution in [2.75, 3.05) is 18.9 Å². The van der Waals surface area contributed by atoms with Crippen LogP contribution in [-0.4, -0.2) is 86.6 Å². The average Bonchev–Trinajstić information content (AvgIpc) is 3.24. The molecule has 0 radical (unpaired) electrons. The molecular formula is C19H33N3O8S. The zero-order valence-electron chi connectivity index (χ0n) is 17.8. The van der Waals surface area contributed by atoms with Crippen LogP contribution in [0.5, 0.6) is 0 Å². The van der Waals surface area contributed by atoms with Crippen molar-refractivity contribution in [3.63, 3.8) is 0 Å². The third-order valence-electron chi connectivity index (χ3n) is 5.10. The summed E-state index contributed by atoms with van der Waals surface area (Å²) in [6, 6.07) is 0.440. The summed E-state index contributed by atoms with van der Waals surface area (Å²) in [5.74, 6) is -1.46. The number of aliphatic carboxylic acids is 2. The van der Waals surface area contributed by atoms with Crippen LogP contribution in [0.4, 0.5) is 4.79 Å². The highest BCUT2D eigenvalue weighted by molar-refractivity contribution is 8.00. The molecule has 0 unspecified atom stereocenters. The Morgan fingerprint density at radius 3 is 2.39 bits per heavy atom. The van der Waals surface area contributed by atoms with Gasteiger partial charge in [-0.3, -0.25) is 14.4 Å². The summed E-state index contributed by atoms with van der Waals surface area (Å²) in [5.41, 5.74) is -0.937. The standard InChI is InChI=1S/C10H16N2O3S.C9H17NO5/c13-8(14)4-2-1-3-7-9-6(5-16-7)11-10(15)12-9;1-9(2,5-11)7(14)8(15)10-4-3-6(12)13/h6-7,9H,1-5H2,(H,13,14)(H2,11,12,15);7,11,14H,3-5H2,1-2H3,(H,10,15)(H,12,13)/t6-,7-,9-;7-/m00/s1. The Morgan fingerprint density at radius 1 is 1.16 bits per heavy atom. The minimum absolute atomic E-state index is 0.0350. The van der Waals surface area contributed by atoms with Crippen LogP contribution in [0.1, 0.15) is 46.0 Å². The highest BCUT2D eigenvalue weighted by atomic mass is 32.2. The van der Waals surface area contributed by atoms with E-state index in [4.69, 9.17) is 15.3 Å². The molecule has 0 aromatic carbocycles. The first kappa shape index (κ1) is 27.0. The van der Waals surface area contributed by atoms with E-state index in [0.29, 0.717) is 5.25 Å². The molecule has 0 aliphatic carbocycles. The van der Waals surface area contributed by atoms with Gasteiger partial charge in [-0.05, 0) is 12.8 Å². The van der Waals surface area contributed by atoms with Gasteiger partial charge in [-0.25, -0.2) is 4.79 Å². The highest BCUT2D eigenvalue weighted by Gasteiger charge is 2.42. The van der Waals surface area contributed by atoms with E-state index in [9.17, 15) is 24.3 Å². The molecule has 0 saturated carbocycles. The van der Waals surface area contributed by atoms with E-state index in [1.54, 1.807) is 0 Å². The van der Waals surface area contributed by atoms with E-state index in [2.05, 4.69) is 16.0 Å². The number of nitrogens with one attached hydrogen (secondary N) is 3. The summed E-state index contributed by atoms with van der Waals surface area (Å²) >= 11 is 1.87. The molecule has 0 aromatic heterocycles. The number of carbonyl (C=O) groups is 4. The second-order valence-corrected chi connectivity index (χ2v) is 9.52. The number of fused-ring (bicyclic) bond motifs is 1. The number of hydrogen-bond acceptors (Lipinski definition) is 7. The number of amides is 3. The Labute approximate surface area is 185 Å². The van der Waals surface area contributed by atoms with Crippen molar-refractivity contribution in [1.29, 1.82) is 0 Å². The van der Waals surface area contributed by atoms with Crippen molar-refractivity contribution in [2.45, 2.75) is 69.4 Å². The van der Waals surface area contributed by atoms with Gasteiger partial charge in [0.2, 0.25) is 5.91 Å². The Balaban J connectivity index is 0.000000311. The maximum Gasteiger partial charge on any atom is 0.315 e. The second-order valence-electron chi connectivity index (χ2n) is 8.25. The lowest BCUT2D eigenvalue weighted by molar-refractivity contribution is -0.139. The van der Waals surface area contributed by atoms with E-state index in [0.717, 1.165) is 25.0 Å². The quantitative estimate of drug-likeness (QED) is 0.160. The normalized spacial score (nSPS) is 23.0. The van der Waals surface area contributed by atoms with Crippen LogP contribution in [0.15, 0.2) is 0 Å². The van der Waals surface area contributed by atoms with E-state index < -0.39 is 29.4 Å². The van der Waals surface area contributed by atoms with E-state index in [1.807, 2.05) is 11.8 Å². The van der Waals surface area contributed by atoms with Gasteiger partial charge in [0, 0.05) is 29.4 Å². The predicted molar refractivity (Wildman–Crippen MR) is 114 cm³/mol. The molecule has 7 N–H and O–H groups in total. The first-order valence-electron chi connectivity index (χ1n) is 10.2. The zero-order valence-corrected chi connectivity index (χ0v) is 18.6. The van der Waals surface area contributed by atoms with E-state index >= 15 is 0 Å². The number of aliphatic hydroxyl groups is 2. The number of carbonyl (C=O) groups excluding carboxylic acids is 2. The van der Waals surface area contributed by atoms with Crippen molar-refractivity contribution in [3.8, 4) is 0 Å². The minimum atomic E-state index is -1.35. The van der Waals surface area contributed by atoms with Crippen LogP contribution in [-0.2, 0) is 14.4 Å². The second kappa shape index (κ2) is 12.7. The number of aliphatic hydroxyl groups excluding tert-OH is 2. The van der Waals surface area contributed by atoms with Crippen LogP contribution < -0.4 is 16.0 Å². The fourth-order valence-corrected chi connectivity index (χ4v) is 4.64. The molecule has 2 heterocycles. The van der Waals surface area contributed by atoms with Gasteiger partial charge in [0.05, 0.1) is 25.1 Å². The van der Waals surface area contributed by atoms with Gasteiger partial charge < -0.3 is 36.4 Å². The molecule has 0 aromatic rings. The maximum atomic E-state index is 11.3. The van der Waals surface area contributed by atoms with Gasteiger partial charge in [0.15, 0.2) is 0 Å². The number of rotatable bonds is 11. The molecule has 11 nitrogen and oxygen atoms in total. The van der Waals surface area contributed by atoms with Crippen LogP contribution in [0.25, 0.3) is 0 Å². The molecule has 2 fully saturated rings. The maximum absolute atomic E-state index is 11.3. The van der Waals surface area contributed by atoms with Gasteiger partial charge in [-0.1, -0.05) is 20.3 Å². The first-order chi connectivity index (χ1) is 14.5. The Hall–Kier alpha value is -2.05. The molecule has 2 rings (SSSR count). The molecule has 3 amide bonds. The van der Waals surface area contributed by atoms with Crippen LogP contribution in [0.2, 0.25) is 0 Å². The topological polar surface area (TPSA) is 185 Å². The summed E-state index contributed by atoms with van der Waals surface area (Å²) < 4.78 is 0. The van der Waals surface area contributed by atoms with E-state index in [1.165, 1.54) is 13.8 Å². The lowest BCUT2D eigenvalue weighted by Gasteiger charge is -2.26. The van der Waals surface area contributed by atoms with Gasteiger partial charge in [-0.15, -0.1) is 0 Å². The molecule has 2 aliphatic heterocycles. The van der Waals surface area contributed by atoms with E-state index in [-0.39, 0.29) is 44.1 Å². The smallest absolute Gasteiger partial charge is 0.315 e. The molecule has 12 heteroatoms. The van der Waals surface area contributed by atoms with Crippen molar-refractivity contribution < 1.29 is 39.6 Å².